The Morgan fingerprint density at radius 1 is 1.38 bits per heavy atom. The molecular weight excluding hydrogens is 202 g/mol. The Bertz CT molecular complexity index is 357. The second kappa shape index (κ2) is 4.65. The van der Waals surface area contributed by atoms with Gasteiger partial charge in [-0.15, -0.1) is 0 Å². The summed E-state index contributed by atoms with van der Waals surface area (Å²) < 4.78 is 0. The van der Waals surface area contributed by atoms with E-state index in [-0.39, 0.29) is 0 Å². The Labute approximate surface area is 96.0 Å². The summed E-state index contributed by atoms with van der Waals surface area (Å²) in [6.45, 7) is 6.32. The molecule has 2 heterocycles. The Hall–Kier alpha value is -1.36. The van der Waals surface area contributed by atoms with Gasteiger partial charge in [0.2, 0.25) is 5.95 Å². The number of hydrazine groups is 1. The maximum absolute atomic E-state index is 5.38. The molecule has 0 aromatic carbocycles. The average Bonchev–Trinajstić information content (AvgIpc) is 2.29. The summed E-state index contributed by atoms with van der Waals surface area (Å²) in [5.74, 6) is 7.67. The topological polar surface area (TPSA) is 67.1 Å². The fraction of sp³-hybridized carbons (Fsp3) is 0.636. The monoisotopic (exact) mass is 221 g/mol. The van der Waals surface area contributed by atoms with Crippen LogP contribution in [0.2, 0.25) is 0 Å². The van der Waals surface area contributed by atoms with Crippen LogP contribution >= 0.6 is 0 Å². The first kappa shape index (κ1) is 11.1. The van der Waals surface area contributed by atoms with Crippen LogP contribution < -0.4 is 16.2 Å². The fourth-order valence-corrected chi connectivity index (χ4v) is 1.98. The van der Waals surface area contributed by atoms with Gasteiger partial charge in [0.1, 0.15) is 5.82 Å². The first-order valence-electron chi connectivity index (χ1n) is 5.76. The average molecular weight is 221 g/mol. The molecule has 1 aliphatic heterocycles. The quantitative estimate of drug-likeness (QED) is 0.582. The number of nitrogens with one attached hydrogen (secondary N) is 1. The van der Waals surface area contributed by atoms with Gasteiger partial charge in [-0.25, -0.2) is 10.8 Å². The molecule has 16 heavy (non-hydrogen) atoms. The Balaban J connectivity index is 2.16. The normalized spacial score (nSPS) is 17.6. The van der Waals surface area contributed by atoms with Gasteiger partial charge >= 0.3 is 0 Å². The van der Waals surface area contributed by atoms with Gasteiger partial charge in [-0.2, -0.15) is 4.98 Å². The number of rotatable bonds is 2. The third kappa shape index (κ3) is 2.41. The molecule has 88 valence electrons. The summed E-state index contributed by atoms with van der Waals surface area (Å²) in [5.41, 5.74) is 3.52. The lowest BCUT2D eigenvalue weighted by Gasteiger charge is -2.30. The Morgan fingerprint density at radius 2 is 2.06 bits per heavy atom. The highest BCUT2D eigenvalue weighted by molar-refractivity contribution is 5.42. The van der Waals surface area contributed by atoms with E-state index in [0.29, 0.717) is 5.82 Å². The van der Waals surface area contributed by atoms with E-state index in [0.717, 1.165) is 30.6 Å². The summed E-state index contributed by atoms with van der Waals surface area (Å²) in [6, 6.07) is 1.84. The van der Waals surface area contributed by atoms with E-state index in [2.05, 4.69) is 27.2 Å². The summed E-state index contributed by atoms with van der Waals surface area (Å²) in [7, 11) is 0. The molecule has 1 aliphatic rings. The SMILES string of the molecule is Cc1cc(NN)nc(N2CCC(C)CC2)n1. The van der Waals surface area contributed by atoms with E-state index < -0.39 is 0 Å². The molecule has 0 atom stereocenters. The van der Waals surface area contributed by atoms with E-state index in [9.17, 15) is 0 Å². The highest BCUT2D eigenvalue weighted by Crippen LogP contribution is 2.21. The number of hydrogen-bond acceptors (Lipinski definition) is 5. The van der Waals surface area contributed by atoms with Crippen molar-refractivity contribution in [1.82, 2.24) is 9.97 Å². The number of nitrogens with zero attached hydrogens (tertiary/aromatic N) is 3. The maximum atomic E-state index is 5.38. The molecule has 3 N–H and O–H groups in total. The molecule has 1 aromatic heterocycles. The summed E-state index contributed by atoms with van der Waals surface area (Å²) in [6.07, 6.45) is 2.42. The number of aryl methyl sites for hydroxylation is 1. The molecule has 0 saturated carbocycles. The van der Waals surface area contributed by atoms with Crippen LogP contribution in [0.3, 0.4) is 0 Å². The zero-order valence-electron chi connectivity index (χ0n) is 9.90. The summed E-state index contributed by atoms with van der Waals surface area (Å²) >= 11 is 0. The molecule has 0 spiro atoms. The predicted molar refractivity (Wildman–Crippen MR) is 65.2 cm³/mol. The zero-order valence-corrected chi connectivity index (χ0v) is 9.90. The predicted octanol–water partition coefficient (Wildman–Crippen LogP) is 1.31. The minimum atomic E-state index is 0.682. The van der Waals surface area contributed by atoms with Gasteiger partial charge in [-0.1, -0.05) is 6.92 Å². The van der Waals surface area contributed by atoms with Gasteiger partial charge in [0.05, 0.1) is 0 Å². The number of aromatic nitrogens is 2. The lowest BCUT2D eigenvalue weighted by atomic mass is 10.00. The molecule has 0 bridgehead atoms. The molecule has 1 fully saturated rings. The number of anilines is 2. The highest BCUT2D eigenvalue weighted by atomic mass is 15.3. The first-order chi connectivity index (χ1) is 7.69. The van der Waals surface area contributed by atoms with Gasteiger partial charge in [0.15, 0.2) is 0 Å². The molecule has 0 radical (unpaired) electrons. The molecule has 0 aliphatic carbocycles. The van der Waals surface area contributed by atoms with Gasteiger partial charge < -0.3 is 10.3 Å². The van der Waals surface area contributed by atoms with Crippen molar-refractivity contribution in [2.75, 3.05) is 23.4 Å². The second-order valence-electron chi connectivity index (χ2n) is 4.51. The third-order valence-electron chi connectivity index (χ3n) is 3.06. The molecule has 0 amide bonds. The van der Waals surface area contributed by atoms with Gasteiger partial charge in [-0.05, 0) is 25.7 Å². The van der Waals surface area contributed by atoms with Crippen LogP contribution in [-0.4, -0.2) is 23.1 Å². The van der Waals surface area contributed by atoms with Crippen LogP contribution in [0, 0.1) is 12.8 Å². The Kier molecular flexibility index (Phi) is 3.24. The van der Waals surface area contributed by atoms with Crippen LogP contribution in [-0.2, 0) is 0 Å². The summed E-state index contributed by atoms with van der Waals surface area (Å²) in [5, 5.41) is 0. The highest BCUT2D eigenvalue weighted by Gasteiger charge is 2.18. The van der Waals surface area contributed by atoms with Crippen molar-refractivity contribution in [2.24, 2.45) is 11.8 Å². The van der Waals surface area contributed by atoms with E-state index >= 15 is 0 Å². The lowest BCUT2D eigenvalue weighted by molar-refractivity contribution is 0.434. The number of nitrogen functional groups attached to an aromatic ring is 1. The number of piperidine rings is 1. The zero-order chi connectivity index (χ0) is 11.5. The molecule has 5 nitrogen and oxygen atoms in total. The van der Waals surface area contributed by atoms with Gasteiger partial charge in [-0.3, -0.25) is 0 Å². The molecule has 1 aromatic rings. The van der Waals surface area contributed by atoms with Gasteiger partial charge in [0, 0.05) is 24.8 Å². The molecule has 0 unspecified atom stereocenters. The second-order valence-corrected chi connectivity index (χ2v) is 4.51. The minimum absolute atomic E-state index is 0.682. The molecule has 1 saturated heterocycles. The maximum Gasteiger partial charge on any atom is 0.227 e. The van der Waals surface area contributed by atoms with E-state index in [4.69, 9.17) is 5.84 Å². The van der Waals surface area contributed by atoms with Crippen molar-refractivity contribution in [1.29, 1.82) is 0 Å². The van der Waals surface area contributed by atoms with E-state index in [1.165, 1.54) is 12.8 Å². The molecule has 2 rings (SSSR count). The lowest BCUT2D eigenvalue weighted by Crippen LogP contribution is -2.34. The van der Waals surface area contributed by atoms with Crippen LogP contribution in [0.15, 0.2) is 6.07 Å². The number of nitrogens with two attached hydrogens (primary N) is 1. The van der Waals surface area contributed by atoms with Crippen LogP contribution in [0.4, 0.5) is 11.8 Å². The smallest absolute Gasteiger partial charge is 0.227 e. The van der Waals surface area contributed by atoms with Crippen molar-refractivity contribution in [2.45, 2.75) is 26.7 Å². The standard InChI is InChI=1S/C11H19N5/c1-8-3-5-16(6-4-8)11-13-9(2)7-10(14-11)15-12/h7-8H,3-6,12H2,1-2H3,(H,13,14,15). The van der Waals surface area contributed by atoms with Gasteiger partial charge in [0.25, 0.3) is 0 Å². The van der Waals surface area contributed by atoms with Crippen LogP contribution in [0.5, 0.6) is 0 Å². The largest absolute Gasteiger partial charge is 0.341 e. The summed E-state index contributed by atoms with van der Waals surface area (Å²) in [4.78, 5) is 11.1. The first-order valence-corrected chi connectivity index (χ1v) is 5.76. The van der Waals surface area contributed by atoms with Crippen molar-refractivity contribution in [3.8, 4) is 0 Å². The molecule has 5 heteroatoms. The van der Waals surface area contributed by atoms with Crippen molar-refractivity contribution in [3.63, 3.8) is 0 Å². The Morgan fingerprint density at radius 3 is 2.69 bits per heavy atom. The van der Waals surface area contributed by atoms with Crippen molar-refractivity contribution < 1.29 is 0 Å². The van der Waals surface area contributed by atoms with Crippen LogP contribution in [0.25, 0.3) is 0 Å². The van der Waals surface area contributed by atoms with Crippen molar-refractivity contribution in [3.05, 3.63) is 11.8 Å². The third-order valence-corrected chi connectivity index (χ3v) is 3.06. The number of hydrogen-bond donors (Lipinski definition) is 2. The van der Waals surface area contributed by atoms with E-state index in [1.54, 1.807) is 0 Å². The molecular formula is C11H19N5. The van der Waals surface area contributed by atoms with Crippen LogP contribution in [0.1, 0.15) is 25.5 Å². The fourth-order valence-electron chi connectivity index (χ4n) is 1.98. The van der Waals surface area contributed by atoms with E-state index in [1.807, 2.05) is 13.0 Å². The van der Waals surface area contributed by atoms with Crippen molar-refractivity contribution >= 4 is 11.8 Å². The minimum Gasteiger partial charge on any atom is -0.341 e.